The number of phenolic OH excluding ortho intramolecular Hbond substituents is 1. The molecule has 2 aromatic rings. The molecule has 136 valence electrons. The zero-order valence-electron chi connectivity index (χ0n) is 14.6. The van der Waals surface area contributed by atoms with Crippen molar-refractivity contribution in [3.63, 3.8) is 0 Å². The van der Waals surface area contributed by atoms with E-state index in [9.17, 15) is 14.7 Å². The fourth-order valence-corrected chi connectivity index (χ4v) is 3.14. The van der Waals surface area contributed by atoms with Gasteiger partial charge in [0, 0.05) is 30.6 Å². The van der Waals surface area contributed by atoms with Gasteiger partial charge in [0.05, 0.1) is 0 Å². The topological polar surface area (TPSA) is 82.5 Å². The molecule has 1 amide bonds. The number of benzene rings is 1. The molecule has 0 unspecified atom stereocenters. The first-order valence-electron chi connectivity index (χ1n) is 8.88. The molecule has 6 nitrogen and oxygen atoms in total. The molecule has 1 saturated heterocycles. The maximum atomic E-state index is 12.3. The number of Topliss-reactive ketones (excluding diaryl/α,β-unsaturated/α-hetero) is 1. The Labute approximate surface area is 152 Å². The molecule has 1 fully saturated rings. The first-order valence-corrected chi connectivity index (χ1v) is 8.88. The van der Waals surface area contributed by atoms with E-state index in [-0.39, 0.29) is 23.4 Å². The largest absolute Gasteiger partial charge is 0.508 e. The van der Waals surface area contributed by atoms with E-state index in [1.54, 1.807) is 24.4 Å². The number of pyridine rings is 1. The molecule has 1 aromatic heterocycles. The predicted molar refractivity (Wildman–Crippen MR) is 99.1 cm³/mol. The van der Waals surface area contributed by atoms with Gasteiger partial charge in [-0.1, -0.05) is 6.07 Å². The standard InChI is InChI=1S/C20H23N3O3/c24-17-6-4-15(5-7-17)18(25)10-14-23-12-8-16(9-13-23)20(26)22-19-3-1-2-11-21-19/h1-7,11,16,24H,8-10,12-14H2,(H,21,22,26). The van der Waals surface area contributed by atoms with E-state index in [4.69, 9.17) is 0 Å². The van der Waals surface area contributed by atoms with Gasteiger partial charge < -0.3 is 15.3 Å². The summed E-state index contributed by atoms with van der Waals surface area (Å²) in [5, 5.41) is 12.1. The summed E-state index contributed by atoms with van der Waals surface area (Å²) < 4.78 is 0. The Balaban J connectivity index is 1.41. The SMILES string of the molecule is O=C(CCN1CCC(C(=O)Nc2ccccn2)CC1)c1ccc(O)cc1. The number of likely N-dealkylation sites (tertiary alicyclic amines) is 1. The van der Waals surface area contributed by atoms with E-state index in [0.717, 1.165) is 25.9 Å². The number of carbonyl (C=O) groups excluding carboxylic acids is 2. The third kappa shape index (κ3) is 4.89. The van der Waals surface area contributed by atoms with Crippen LogP contribution in [0.25, 0.3) is 0 Å². The number of nitrogens with one attached hydrogen (secondary N) is 1. The second-order valence-corrected chi connectivity index (χ2v) is 6.54. The van der Waals surface area contributed by atoms with E-state index in [1.165, 1.54) is 12.1 Å². The quantitative estimate of drug-likeness (QED) is 0.780. The summed E-state index contributed by atoms with van der Waals surface area (Å²) in [4.78, 5) is 30.8. The zero-order valence-corrected chi connectivity index (χ0v) is 14.6. The van der Waals surface area contributed by atoms with Crippen molar-refractivity contribution in [2.75, 3.05) is 25.0 Å². The van der Waals surface area contributed by atoms with Crippen LogP contribution < -0.4 is 5.32 Å². The minimum atomic E-state index is -0.0129. The maximum absolute atomic E-state index is 12.3. The van der Waals surface area contributed by atoms with Gasteiger partial charge in [0.2, 0.25) is 5.91 Å². The third-order valence-electron chi connectivity index (χ3n) is 4.72. The van der Waals surface area contributed by atoms with Crippen molar-refractivity contribution < 1.29 is 14.7 Å². The number of ketones is 1. The molecule has 0 saturated carbocycles. The Hall–Kier alpha value is -2.73. The number of nitrogens with zero attached hydrogens (tertiary/aromatic N) is 2. The Morgan fingerprint density at radius 1 is 1.12 bits per heavy atom. The zero-order chi connectivity index (χ0) is 18.4. The number of rotatable bonds is 6. The van der Waals surface area contributed by atoms with E-state index >= 15 is 0 Å². The molecule has 0 atom stereocenters. The summed E-state index contributed by atoms with van der Waals surface area (Å²) in [5.41, 5.74) is 0.618. The van der Waals surface area contributed by atoms with Gasteiger partial charge in [0.25, 0.3) is 0 Å². The molecule has 26 heavy (non-hydrogen) atoms. The molecule has 0 bridgehead atoms. The summed E-state index contributed by atoms with van der Waals surface area (Å²) >= 11 is 0. The summed E-state index contributed by atoms with van der Waals surface area (Å²) in [6, 6.07) is 11.8. The lowest BCUT2D eigenvalue weighted by atomic mass is 9.95. The van der Waals surface area contributed by atoms with Crippen molar-refractivity contribution >= 4 is 17.5 Å². The second-order valence-electron chi connectivity index (χ2n) is 6.54. The fraction of sp³-hybridized carbons (Fsp3) is 0.350. The molecule has 0 spiro atoms. The minimum Gasteiger partial charge on any atom is -0.508 e. The lowest BCUT2D eigenvalue weighted by molar-refractivity contribution is -0.121. The smallest absolute Gasteiger partial charge is 0.228 e. The van der Waals surface area contributed by atoms with E-state index in [1.807, 2.05) is 12.1 Å². The van der Waals surface area contributed by atoms with Crippen LogP contribution in [0.4, 0.5) is 5.82 Å². The van der Waals surface area contributed by atoms with Gasteiger partial charge in [-0.25, -0.2) is 4.98 Å². The molecule has 2 heterocycles. The molecule has 0 aliphatic carbocycles. The number of phenols is 1. The van der Waals surface area contributed by atoms with Crippen molar-refractivity contribution in [1.82, 2.24) is 9.88 Å². The number of amides is 1. The van der Waals surface area contributed by atoms with Gasteiger partial charge in [0.15, 0.2) is 5.78 Å². The molecule has 1 aromatic carbocycles. The molecule has 2 N–H and O–H groups in total. The highest BCUT2D eigenvalue weighted by molar-refractivity contribution is 5.96. The van der Waals surface area contributed by atoms with Crippen LogP contribution in [0.5, 0.6) is 5.75 Å². The van der Waals surface area contributed by atoms with Crippen LogP contribution in [0.3, 0.4) is 0 Å². The van der Waals surface area contributed by atoms with E-state index in [0.29, 0.717) is 24.3 Å². The van der Waals surface area contributed by atoms with Crippen LogP contribution >= 0.6 is 0 Å². The summed E-state index contributed by atoms with van der Waals surface area (Å²) in [7, 11) is 0. The fourth-order valence-electron chi connectivity index (χ4n) is 3.14. The first kappa shape index (κ1) is 18.1. The number of hydrogen-bond acceptors (Lipinski definition) is 5. The average Bonchev–Trinajstić information content (AvgIpc) is 2.68. The van der Waals surface area contributed by atoms with Gasteiger partial charge in [-0.15, -0.1) is 0 Å². The number of anilines is 1. The van der Waals surface area contributed by atoms with E-state index in [2.05, 4.69) is 15.2 Å². The van der Waals surface area contributed by atoms with Crippen molar-refractivity contribution in [3.05, 3.63) is 54.2 Å². The summed E-state index contributed by atoms with van der Waals surface area (Å²) in [6.07, 6.45) is 3.66. The molecule has 3 rings (SSSR count). The van der Waals surface area contributed by atoms with Crippen molar-refractivity contribution in [1.29, 1.82) is 0 Å². The monoisotopic (exact) mass is 353 g/mol. The molecule has 0 radical (unpaired) electrons. The van der Waals surface area contributed by atoms with Gasteiger partial charge >= 0.3 is 0 Å². The van der Waals surface area contributed by atoms with E-state index < -0.39 is 0 Å². The summed E-state index contributed by atoms with van der Waals surface area (Å²) in [5.74, 6) is 0.816. The minimum absolute atomic E-state index is 0.0129. The van der Waals surface area contributed by atoms with Crippen LogP contribution in [0.1, 0.15) is 29.6 Å². The Morgan fingerprint density at radius 2 is 1.85 bits per heavy atom. The van der Waals surface area contributed by atoms with Crippen LogP contribution in [-0.4, -0.2) is 46.3 Å². The maximum Gasteiger partial charge on any atom is 0.228 e. The normalized spacial score (nSPS) is 15.5. The average molecular weight is 353 g/mol. The predicted octanol–water partition coefficient (Wildman–Crippen LogP) is 2.71. The van der Waals surface area contributed by atoms with Crippen LogP contribution in [0.15, 0.2) is 48.7 Å². The van der Waals surface area contributed by atoms with Crippen LogP contribution in [0.2, 0.25) is 0 Å². The first-order chi connectivity index (χ1) is 12.6. The number of hydrogen-bond donors (Lipinski definition) is 2. The number of carbonyl (C=O) groups is 2. The Bertz CT molecular complexity index is 739. The number of aromatic nitrogens is 1. The Morgan fingerprint density at radius 3 is 2.50 bits per heavy atom. The molecular weight excluding hydrogens is 330 g/mol. The van der Waals surface area contributed by atoms with Gasteiger partial charge in [-0.05, 0) is 62.3 Å². The molecule has 1 aliphatic rings. The molecular formula is C20H23N3O3. The lowest BCUT2D eigenvalue weighted by Gasteiger charge is -2.31. The highest BCUT2D eigenvalue weighted by atomic mass is 16.3. The van der Waals surface area contributed by atoms with Gasteiger partial charge in [-0.3, -0.25) is 9.59 Å². The Kier molecular flexibility index (Phi) is 5.96. The highest BCUT2D eigenvalue weighted by Crippen LogP contribution is 2.19. The molecule has 6 heteroatoms. The number of piperidine rings is 1. The van der Waals surface area contributed by atoms with Crippen molar-refractivity contribution in [2.45, 2.75) is 19.3 Å². The highest BCUT2D eigenvalue weighted by Gasteiger charge is 2.25. The molecule has 1 aliphatic heterocycles. The lowest BCUT2D eigenvalue weighted by Crippen LogP contribution is -2.39. The van der Waals surface area contributed by atoms with Crippen molar-refractivity contribution in [2.24, 2.45) is 5.92 Å². The number of aromatic hydroxyl groups is 1. The van der Waals surface area contributed by atoms with Crippen molar-refractivity contribution in [3.8, 4) is 5.75 Å². The third-order valence-corrected chi connectivity index (χ3v) is 4.72. The van der Waals surface area contributed by atoms with Gasteiger partial charge in [-0.2, -0.15) is 0 Å². The van der Waals surface area contributed by atoms with Crippen LogP contribution in [-0.2, 0) is 4.79 Å². The van der Waals surface area contributed by atoms with Crippen LogP contribution in [0, 0.1) is 5.92 Å². The second kappa shape index (κ2) is 8.58. The van der Waals surface area contributed by atoms with Gasteiger partial charge in [0.1, 0.15) is 11.6 Å². The summed E-state index contributed by atoms with van der Waals surface area (Å²) in [6.45, 7) is 2.31.